The number of ether oxygens (including phenoxy) is 1. The first-order valence-corrected chi connectivity index (χ1v) is 5.81. The van der Waals surface area contributed by atoms with Crippen LogP contribution in [-0.4, -0.2) is 6.61 Å². The van der Waals surface area contributed by atoms with Crippen molar-refractivity contribution in [2.75, 3.05) is 12.3 Å². The zero-order chi connectivity index (χ0) is 10.7. The zero-order valence-corrected chi connectivity index (χ0v) is 9.46. The second kappa shape index (κ2) is 4.75. The zero-order valence-electron chi connectivity index (χ0n) is 8.71. The average Bonchev–Trinajstić information content (AvgIpc) is 2.12. The molecule has 2 N–H and O–H groups in total. The highest BCUT2D eigenvalue weighted by molar-refractivity contribution is 6.30. The van der Waals surface area contributed by atoms with Crippen LogP contribution in [0.3, 0.4) is 0 Å². The van der Waals surface area contributed by atoms with Gasteiger partial charge < -0.3 is 10.5 Å². The van der Waals surface area contributed by atoms with Crippen LogP contribution in [0.5, 0.6) is 5.75 Å². The van der Waals surface area contributed by atoms with Gasteiger partial charge in [0, 0.05) is 5.02 Å². The van der Waals surface area contributed by atoms with Gasteiger partial charge in [-0.2, -0.15) is 0 Å². The molecule has 82 valence electrons. The van der Waals surface area contributed by atoms with Gasteiger partial charge in [-0.1, -0.05) is 30.9 Å². The van der Waals surface area contributed by atoms with E-state index in [1.54, 1.807) is 12.1 Å². The smallest absolute Gasteiger partial charge is 0.142 e. The second-order valence-corrected chi connectivity index (χ2v) is 4.55. The molecule has 1 aromatic carbocycles. The molecule has 1 aliphatic carbocycles. The third-order valence-corrected chi connectivity index (χ3v) is 3.22. The molecule has 0 atom stereocenters. The van der Waals surface area contributed by atoms with E-state index in [0.717, 1.165) is 24.7 Å². The Kier molecular flexibility index (Phi) is 3.37. The van der Waals surface area contributed by atoms with Gasteiger partial charge in [-0.25, -0.2) is 0 Å². The van der Waals surface area contributed by atoms with Crippen LogP contribution in [0.4, 0.5) is 5.69 Å². The van der Waals surface area contributed by atoms with Gasteiger partial charge in [0.25, 0.3) is 0 Å². The van der Waals surface area contributed by atoms with Gasteiger partial charge >= 0.3 is 0 Å². The summed E-state index contributed by atoms with van der Waals surface area (Å²) >= 11 is 5.80. The van der Waals surface area contributed by atoms with Crippen LogP contribution in [0.25, 0.3) is 0 Å². The first kappa shape index (κ1) is 10.6. The lowest BCUT2D eigenvalue weighted by Crippen LogP contribution is -2.14. The predicted octanol–water partition coefficient (Wildman–Crippen LogP) is 3.49. The fourth-order valence-corrected chi connectivity index (χ4v) is 1.95. The number of hydrogen-bond donors (Lipinski definition) is 1. The number of benzene rings is 1. The van der Waals surface area contributed by atoms with Gasteiger partial charge in [0.05, 0.1) is 12.3 Å². The molecule has 15 heavy (non-hydrogen) atoms. The molecule has 0 aliphatic heterocycles. The summed E-state index contributed by atoms with van der Waals surface area (Å²) in [6.07, 6.45) is 5.24. The van der Waals surface area contributed by atoms with Gasteiger partial charge in [0.15, 0.2) is 0 Å². The van der Waals surface area contributed by atoms with Crippen molar-refractivity contribution in [2.45, 2.75) is 25.7 Å². The van der Waals surface area contributed by atoms with E-state index in [1.807, 2.05) is 6.07 Å². The van der Waals surface area contributed by atoms with Crippen molar-refractivity contribution >= 4 is 17.3 Å². The Bertz CT molecular complexity index is 336. The fraction of sp³-hybridized carbons (Fsp3) is 0.500. The summed E-state index contributed by atoms with van der Waals surface area (Å²) in [5.41, 5.74) is 6.40. The van der Waals surface area contributed by atoms with Crippen LogP contribution in [0.2, 0.25) is 5.02 Å². The number of nitrogens with two attached hydrogens (primary N) is 1. The normalized spacial score (nSPS) is 16.1. The summed E-state index contributed by atoms with van der Waals surface area (Å²) in [4.78, 5) is 0. The van der Waals surface area contributed by atoms with Crippen molar-refractivity contribution in [3.05, 3.63) is 23.2 Å². The molecule has 1 aliphatic rings. The Labute approximate surface area is 95.4 Å². The molecule has 0 spiro atoms. The van der Waals surface area contributed by atoms with Crippen molar-refractivity contribution in [2.24, 2.45) is 5.92 Å². The molecular formula is C12H16ClNO. The maximum atomic E-state index is 5.80. The SMILES string of the molecule is Nc1cc(Cl)ccc1OCCC1CCC1. The van der Waals surface area contributed by atoms with E-state index in [2.05, 4.69) is 0 Å². The van der Waals surface area contributed by atoms with Gasteiger partial charge in [-0.05, 0) is 30.5 Å². The minimum atomic E-state index is 0.621. The van der Waals surface area contributed by atoms with Gasteiger partial charge in [0.1, 0.15) is 5.75 Å². The second-order valence-electron chi connectivity index (χ2n) is 4.12. The van der Waals surface area contributed by atoms with E-state index in [1.165, 1.54) is 19.3 Å². The highest BCUT2D eigenvalue weighted by Gasteiger charge is 2.16. The van der Waals surface area contributed by atoms with E-state index in [0.29, 0.717) is 10.7 Å². The third kappa shape index (κ3) is 2.78. The predicted molar refractivity (Wildman–Crippen MR) is 63.3 cm³/mol. The Balaban J connectivity index is 1.81. The molecule has 1 aromatic rings. The number of hydrogen-bond acceptors (Lipinski definition) is 2. The standard InChI is InChI=1S/C12H16ClNO/c13-10-4-5-12(11(14)8-10)15-7-6-9-2-1-3-9/h4-5,8-9H,1-3,6-7,14H2. The van der Waals surface area contributed by atoms with Crippen LogP contribution in [0.15, 0.2) is 18.2 Å². The molecule has 0 aromatic heterocycles. The number of rotatable bonds is 4. The summed E-state index contributed by atoms with van der Waals surface area (Å²) in [7, 11) is 0. The molecule has 1 saturated carbocycles. The first-order chi connectivity index (χ1) is 7.25. The van der Waals surface area contributed by atoms with Crippen LogP contribution in [0.1, 0.15) is 25.7 Å². The minimum absolute atomic E-state index is 0.621. The van der Waals surface area contributed by atoms with Gasteiger partial charge in [-0.3, -0.25) is 0 Å². The first-order valence-electron chi connectivity index (χ1n) is 5.43. The molecule has 2 nitrogen and oxygen atoms in total. The Morgan fingerprint density at radius 1 is 1.40 bits per heavy atom. The molecule has 0 amide bonds. The molecular weight excluding hydrogens is 210 g/mol. The average molecular weight is 226 g/mol. The fourth-order valence-electron chi connectivity index (χ4n) is 1.77. The lowest BCUT2D eigenvalue weighted by Gasteiger charge is -2.25. The lowest BCUT2D eigenvalue weighted by atomic mass is 9.83. The van der Waals surface area contributed by atoms with E-state index in [4.69, 9.17) is 22.1 Å². The Hall–Kier alpha value is -0.890. The number of halogens is 1. The minimum Gasteiger partial charge on any atom is -0.491 e. The van der Waals surface area contributed by atoms with Crippen LogP contribution in [-0.2, 0) is 0 Å². The maximum Gasteiger partial charge on any atom is 0.142 e. The summed E-state index contributed by atoms with van der Waals surface area (Å²) in [5, 5.41) is 0.652. The van der Waals surface area contributed by atoms with Crippen molar-refractivity contribution in [1.82, 2.24) is 0 Å². The van der Waals surface area contributed by atoms with E-state index < -0.39 is 0 Å². The largest absolute Gasteiger partial charge is 0.491 e. The molecule has 2 rings (SSSR count). The quantitative estimate of drug-likeness (QED) is 0.797. The maximum absolute atomic E-state index is 5.80. The van der Waals surface area contributed by atoms with Gasteiger partial charge in [0.2, 0.25) is 0 Å². The topological polar surface area (TPSA) is 35.2 Å². The summed E-state index contributed by atoms with van der Waals surface area (Å²) < 4.78 is 5.61. The number of nitrogen functional groups attached to an aromatic ring is 1. The van der Waals surface area contributed by atoms with Gasteiger partial charge in [-0.15, -0.1) is 0 Å². The lowest BCUT2D eigenvalue weighted by molar-refractivity contribution is 0.222. The van der Waals surface area contributed by atoms with E-state index >= 15 is 0 Å². The summed E-state index contributed by atoms with van der Waals surface area (Å²) in [5.74, 6) is 1.62. The summed E-state index contributed by atoms with van der Waals surface area (Å²) in [6, 6.07) is 5.36. The molecule has 0 bridgehead atoms. The molecule has 0 radical (unpaired) electrons. The molecule has 0 unspecified atom stereocenters. The van der Waals surface area contributed by atoms with Crippen molar-refractivity contribution in [3.8, 4) is 5.75 Å². The van der Waals surface area contributed by atoms with Crippen molar-refractivity contribution in [3.63, 3.8) is 0 Å². The monoisotopic (exact) mass is 225 g/mol. The third-order valence-electron chi connectivity index (χ3n) is 2.98. The highest BCUT2D eigenvalue weighted by Crippen LogP contribution is 2.30. The van der Waals surface area contributed by atoms with E-state index in [-0.39, 0.29) is 0 Å². The van der Waals surface area contributed by atoms with E-state index in [9.17, 15) is 0 Å². The van der Waals surface area contributed by atoms with Crippen LogP contribution >= 0.6 is 11.6 Å². The highest BCUT2D eigenvalue weighted by atomic mass is 35.5. The Morgan fingerprint density at radius 3 is 2.80 bits per heavy atom. The molecule has 0 heterocycles. The molecule has 1 fully saturated rings. The summed E-state index contributed by atoms with van der Waals surface area (Å²) in [6.45, 7) is 0.760. The van der Waals surface area contributed by atoms with Crippen LogP contribution < -0.4 is 10.5 Å². The van der Waals surface area contributed by atoms with Crippen LogP contribution in [0, 0.1) is 5.92 Å². The molecule has 3 heteroatoms. The Morgan fingerprint density at radius 2 is 2.20 bits per heavy atom. The molecule has 0 saturated heterocycles. The van der Waals surface area contributed by atoms with Crippen molar-refractivity contribution < 1.29 is 4.74 Å². The van der Waals surface area contributed by atoms with Crippen molar-refractivity contribution in [1.29, 1.82) is 0 Å². The number of anilines is 1.